The van der Waals surface area contributed by atoms with E-state index in [1.165, 1.54) is 12.1 Å². The number of benzene rings is 1. The Bertz CT molecular complexity index is 337. The molecule has 0 aliphatic carbocycles. The molecular weight excluding hydrogens is 191 g/mol. The Kier molecular flexibility index (Phi) is 2.52. The van der Waals surface area contributed by atoms with Crippen molar-refractivity contribution < 1.29 is 4.39 Å². The third kappa shape index (κ3) is 1.56. The van der Waals surface area contributed by atoms with Gasteiger partial charge in [0.25, 0.3) is 0 Å². The SMILES string of the molecule is CN1CCC(N)C1(C)c1ccc(F)cc1. The van der Waals surface area contributed by atoms with Crippen LogP contribution in [-0.4, -0.2) is 24.5 Å². The second-order valence-electron chi connectivity index (χ2n) is 4.47. The normalized spacial score (nSPS) is 32.1. The van der Waals surface area contributed by atoms with Crippen LogP contribution in [0.25, 0.3) is 0 Å². The molecule has 1 aromatic rings. The summed E-state index contributed by atoms with van der Waals surface area (Å²) in [5.74, 6) is -0.198. The highest BCUT2D eigenvalue weighted by atomic mass is 19.1. The van der Waals surface area contributed by atoms with E-state index in [2.05, 4.69) is 18.9 Å². The van der Waals surface area contributed by atoms with Crippen LogP contribution in [0.1, 0.15) is 18.9 Å². The first kappa shape index (κ1) is 10.6. The molecule has 1 heterocycles. The molecule has 2 nitrogen and oxygen atoms in total. The van der Waals surface area contributed by atoms with Gasteiger partial charge in [-0.25, -0.2) is 4.39 Å². The zero-order chi connectivity index (χ0) is 11.1. The number of halogens is 1. The van der Waals surface area contributed by atoms with Crippen LogP contribution in [0.4, 0.5) is 4.39 Å². The fraction of sp³-hybridized carbons (Fsp3) is 0.500. The molecule has 0 saturated carbocycles. The third-order valence-corrected chi connectivity index (χ3v) is 3.72. The van der Waals surface area contributed by atoms with Crippen molar-refractivity contribution in [2.24, 2.45) is 5.73 Å². The lowest BCUT2D eigenvalue weighted by atomic mass is 9.86. The van der Waals surface area contributed by atoms with Crippen LogP contribution in [0.2, 0.25) is 0 Å². The van der Waals surface area contributed by atoms with Crippen LogP contribution in [0.5, 0.6) is 0 Å². The maximum atomic E-state index is 12.8. The van der Waals surface area contributed by atoms with Gasteiger partial charge in [-0.3, -0.25) is 4.90 Å². The standard InChI is InChI=1S/C12H17FN2/c1-12(11(14)7-8-15(12)2)9-3-5-10(13)6-4-9/h3-6,11H,7-8,14H2,1-2H3. The van der Waals surface area contributed by atoms with Crippen molar-refractivity contribution in [2.75, 3.05) is 13.6 Å². The van der Waals surface area contributed by atoms with Crippen molar-refractivity contribution in [1.82, 2.24) is 4.90 Å². The highest BCUT2D eigenvalue weighted by Gasteiger charge is 2.42. The van der Waals surface area contributed by atoms with Crippen LogP contribution >= 0.6 is 0 Å². The summed E-state index contributed by atoms with van der Waals surface area (Å²) in [6.07, 6.45) is 0.990. The molecule has 1 aromatic carbocycles. The molecule has 0 amide bonds. The van der Waals surface area contributed by atoms with Crippen LogP contribution in [0.3, 0.4) is 0 Å². The molecule has 2 rings (SSSR count). The molecule has 15 heavy (non-hydrogen) atoms. The minimum absolute atomic E-state index is 0.118. The van der Waals surface area contributed by atoms with Crippen LogP contribution in [0, 0.1) is 5.82 Å². The minimum Gasteiger partial charge on any atom is -0.326 e. The Morgan fingerprint density at radius 2 is 2.00 bits per heavy atom. The summed E-state index contributed by atoms with van der Waals surface area (Å²) in [6.45, 7) is 3.12. The van der Waals surface area contributed by atoms with E-state index in [-0.39, 0.29) is 17.4 Å². The Morgan fingerprint density at radius 1 is 1.40 bits per heavy atom. The number of nitrogens with two attached hydrogens (primary N) is 1. The van der Waals surface area contributed by atoms with E-state index in [4.69, 9.17) is 5.73 Å². The summed E-state index contributed by atoms with van der Waals surface area (Å²) in [5.41, 5.74) is 7.07. The number of likely N-dealkylation sites (N-methyl/N-ethyl adjacent to an activating group) is 1. The molecule has 2 unspecified atom stereocenters. The molecule has 1 fully saturated rings. The van der Waals surface area contributed by atoms with Crippen molar-refractivity contribution in [3.05, 3.63) is 35.6 Å². The average Bonchev–Trinajstić information content (AvgIpc) is 2.48. The number of hydrogen-bond acceptors (Lipinski definition) is 2. The molecule has 3 heteroatoms. The largest absolute Gasteiger partial charge is 0.326 e. The van der Waals surface area contributed by atoms with Gasteiger partial charge >= 0.3 is 0 Å². The first-order valence-electron chi connectivity index (χ1n) is 5.28. The van der Waals surface area contributed by atoms with Gasteiger partial charge < -0.3 is 5.73 Å². The van der Waals surface area contributed by atoms with E-state index < -0.39 is 0 Å². The van der Waals surface area contributed by atoms with Crippen molar-refractivity contribution >= 4 is 0 Å². The fourth-order valence-corrected chi connectivity index (χ4v) is 2.35. The molecule has 2 atom stereocenters. The molecule has 1 aliphatic heterocycles. The van der Waals surface area contributed by atoms with Gasteiger partial charge in [-0.2, -0.15) is 0 Å². The first-order valence-corrected chi connectivity index (χ1v) is 5.28. The van der Waals surface area contributed by atoms with E-state index in [1.54, 1.807) is 0 Å². The van der Waals surface area contributed by atoms with Gasteiger partial charge in [0.05, 0.1) is 5.54 Å². The monoisotopic (exact) mass is 208 g/mol. The summed E-state index contributed by atoms with van der Waals surface area (Å²) in [7, 11) is 2.07. The summed E-state index contributed by atoms with van der Waals surface area (Å²) < 4.78 is 12.8. The molecule has 0 spiro atoms. The van der Waals surface area contributed by atoms with Crippen LogP contribution in [-0.2, 0) is 5.54 Å². The summed E-state index contributed by atoms with van der Waals surface area (Å²) in [6, 6.07) is 6.78. The smallest absolute Gasteiger partial charge is 0.123 e. The third-order valence-electron chi connectivity index (χ3n) is 3.72. The number of likely N-dealkylation sites (tertiary alicyclic amines) is 1. The van der Waals surface area contributed by atoms with Gasteiger partial charge in [-0.1, -0.05) is 12.1 Å². The van der Waals surface area contributed by atoms with E-state index in [1.807, 2.05) is 12.1 Å². The van der Waals surface area contributed by atoms with Crippen LogP contribution in [0.15, 0.2) is 24.3 Å². The molecule has 0 radical (unpaired) electrons. The predicted molar refractivity (Wildman–Crippen MR) is 59.0 cm³/mol. The zero-order valence-corrected chi connectivity index (χ0v) is 9.20. The Balaban J connectivity index is 2.39. The molecule has 0 bridgehead atoms. The number of hydrogen-bond donors (Lipinski definition) is 1. The lowest BCUT2D eigenvalue weighted by Crippen LogP contribution is -2.46. The highest BCUT2D eigenvalue weighted by molar-refractivity contribution is 5.28. The first-order chi connectivity index (χ1) is 7.05. The maximum absolute atomic E-state index is 12.8. The van der Waals surface area contributed by atoms with Crippen molar-refractivity contribution in [1.29, 1.82) is 0 Å². The summed E-state index contributed by atoms with van der Waals surface area (Å²) in [5, 5.41) is 0. The Hall–Kier alpha value is -0.930. The molecule has 0 aromatic heterocycles. The van der Waals surface area contributed by atoms with Gasteiger partial charge in [-0.15, -0.1) is 0 Å². The van der Waals surface area contributed by atoms with Crippen molar-refractivity contribution in [3.63, 3.8) is 0 Å². The van der Waals surface area contributed by atoms with Crippen molar-refractivity contribution in [3.8, 4) is 0 Å². The number of rotatable bonds is 1. The molecule has 1 aliphatic rings. The van der Waals surface area contributed by atoms with E-state index in [0.29, 0.717) is 0 Å². The minimum atomic E-state index is -0.198. The van der Waals surface area contributed by atoms with Gasteiger partial charge in [0.2, 0.25) is 0 Å². The Labute approximate surface area is 89.9 Å². The highest BCUT2D eigenvalue weighted by Crippen LogP contribution is 2.36. The van der Waals surface area contributed by atoms with Gasteiger partial charge in [-0.05, 0) is 38.1 Å². The predicted octanol–water partition coefficient (Wildman–Crippen LogP) is 1.70. The van der Waals surface area contributed by atoms with E-state index in [0.717, 1.165) is 18.5 Å². The summed E-state index contributed by atoms with van der Waals surface area (Å²) in [4.78, 5) is 2.24. The maximum Gasteiger partial charge on any atom is 0.123 e. The summed E-state index contributed by atoms with van der Waals surface area (Å²) >= 11 is 0. The van der Waals surface area contributed by atoms with E-state index >= 15 is 0 Å². The quantitative estimate of drug-likeness (QED) is 0.761. The van der Waals surface area contributed by atoms with Gasteiger partial charge in [0.15, 0.2) is 0 Å². The van der Waals surface area contributed by atoms with Crippen molar-refractivity contribution in [2.45, 2.75) is 24.9 Å². The molecular formula is C12H17FN2. The lowest BCUT2D eigenvalue weighted by Gasteiger charge is -2.36. The van der Waals surface area contributed by atoms with E-state index in [9.17, 15) is 4.39 Å². The molecule has 82 valence electrons. The second-order valence-corrected chi connectivity index (χ2v) is 4.47. The Morgan fingerprint density at radius 3 is 2.47 bits per heavy atom. The molecule has 1 saturated heterocycles. The topological polar surface area (TPSA) is 29.3 Å². The average molecular weight is 208 g/mol. The fourth-order valence-electron chi connectivity index (χ4n) is 2.35. The van der Waals surface area contributed by atoms with Gasteiger partial charge in [0.1, 0.15) is 5.82 Å². The van der Waals surface area contributed by atoms with Gasteiger partial charge in [0, 0.05) is 12.6 Å². The zero-order valence-electron chi connectivity index (χ0n) is 9.20. The number of nitrogens with zero attached hydrogens (tertiary/aromatic N) is 1. The molecule has 2 N–H and O–H groups in total. The lowest BCUT2D eigenvalue weighted by molar-refractivity contribution is 0.181. The van der Waals surface area contributed by atoms with Crippen LogP contribution < -0.4 is 5.73 Å². The second kappa shape index (κ2) is 3.58.